The zero-order chi connectivity index (χ0) is 36.0. The first-order valence-electron chi connectivity index (χ1n) is 16.6. The highest BCUT2D eigenvalue weighted by Crippen LogP contribution is 2.35. The Morgan fingerprint density at radius 1 is 0.900 bits per heavy atom. The van der Waals surface area contributed by atoms with Gasteiger partial charge in [-0.15, -0.1) is 4.99 Å². The summed E-state index contributed by atoms with van der Waals surface area (Å²) in [5, 5.41) is 13.1. The van der Waals surface area contributed by atoms with E-state index in [0.29, 0.717) is 54.3 Å². The van der Waals surface area contributed by atoms with E-state index in [0.717, 1.165) is 22.0 Å². The Kier molecular flexibility index (Phi) is 9.25. The third-order valence-electron chi connectivity index (χ3n) is 8.52. The fourth-order valence-corrected chi connectivity index (χ4v) is 6.68. The number of benzene rings is 3. The number of nitro groups is 1. The average Bonchev–Trinajstić information content (AvgIpc) is 3.59. The van der Waals surface area contributed by atoms with Gasteiger partial charge in [0.25, 0.3) is 5.69 Å². The lowest BCUT2D eigenvalue weighted by Gasteiger charge is -2.34. The smallest absolute Gasteiger partial charge is 0.437 e. The molecule has 0 bridgehead atoms. The molecule has 0 aliphatic carbocycles. The minimum atomic E-state index is -0.755. The molecule has 262 valence electrons. The number of fused-ring (bicyclic) bond motifs is 2. The molecule has 5 aromatic rings. The van der Waals surface area contributed by atoms with Crippen LogP contribution in [0, 0.1) is 10.1 Å². The number of nitrogens with zero attached hydrogens (tertiary/aromatic N) is 6. The molecule has 0 atom stereocenters. The number of para-hydroxylation sites is 2. The van der Waals surface area contributed by atoms with Crippen LogP contribution in [0.25, 0.3) is 21.9 Å². The molecular weight excluding hydrogens is 660 g/mol. The van der Waals surface area contributed by atoms with Crippen molar-refractivity contribution < 1.29 is 24.0 Å². The van der Waals surface area contributed by atoms with Gasteiger partial charge in [0.05, 0.1) is 28.0 Å². The van der Waals surface area contributed by atoms with Crippen LogP contribution in [0.15, 0.2) is 77.9 Å². The standard InChI is InChI=1S/C37H41ClN6O6/c1-36(2,3)49-34(45)39-33-42(23-24-10-9-13-28-27(24)18-21-41(28)35(46)50-37(4,5)6)29-11-7-8-12-30(29)43(33)26-16-19-40(20-17-26)32-22-25(38)14-15-31(32)44(47)48/h7-15,18,21-22,26H,16-17,19-20,23H2,1-6H3/b39-33+. The van der Waals surface area contributed by atoms with E-state index in [-0.39, 0.29) is 16.7 Å². The molecule has 0 unspecified atom stereocenters. The van der Waals surface area contributed by atoms with Crippen LogP contribution in [0.2, 0.25) is 5.02 Å². The number of ether oxygens (including phenoxy) is 2. The molecule has 0 radical (unpaired) electrons. The number of carbonyl (C=O) groups is 2. The second-order valence-electron chi connectivity index (χ2n) is 14.5. The highest BCUT2D eigenvalue weighted by Gasteiger charge is 2.29. The summed E-state index contributed by atoms with van der Waals surface area (Å²) in [5.74, 6) is 0. The van der Waals surface area contributed by atoms with E-state index in [4.69, 9.17) is 21.1 Å². The highest BCUT2D eigenvalue weighted by molar-refractivity contribution is 6.31. The second kappa shape index (κ2) is 13.3. The number of aromatic nitrogens is 3. The first-order chi connectivity index (χ1) is 23.6. The molecule has 1 fully saturated rings. The van der Waals surface area contributed by atoms with Crippen molar-refractivity contribution in [2.75, 3.05) is 18.0 Å². The summed E-state index contributed by atoms with van der Waals surface area (Å²) in [6.07, 6.45) is 1.79. The third-order valence-corrected chi connectivity index (χ3v) is 8.76. The number of halogens is 1. The molecule has 0 spiro atoms. The lowest BCUT2D eigenvalue weighted by Crippen LogP contribution is -2.39. The molecule has 50 heavy (non-hydrogen) atoms. The number of anilines is 1. The number of piperidine rings is 1. The highest BCUT2D eigenvalue weighted by atomic mass is 35.5. The Hall–Kier alpha value is -5.10. The quantitative estimate of drug-likeness (QED) is 0.133. The van der Waals surface area contributed by atoms with Crippen molar-refractivity contribution in [1.29, 1.82) is 0 Å². The van der Waals surface area contributed by atoms with Crippen LogP contribution < -0.4 is 10.5 Å². The fraction of sp³-hybridized carbons (Fsp3) is 0.378. The summed E-state index contributed by atoms with van der Waals surface area (Å²) in [7, 11) is 0. The molecule has 3 heterocycles. The van der Waals surface area contributed by atoms with Crippen molar-refractivity contribution >= 4 is 57.1 Å². The van der Waals surface area contributed by atoms with Gasteiger partial charge < -0.3 is 23.5 Å². The van der Waals surface area contributed by atoms with E-state index < -0.39 is 23.4 Å². The van der Waals surface area contributed by atoms with Gasteiger partial charge in [-0.2, -0.15) is 0 Å². The molecule has 0 saturated carbocycles. The lowest BCUT2D eigenvalue weighted by molar-refractivity contribution is -0.384. The Bertz CT molecular complexity index is 2180. The monoisotopic (exact) mass is 700 g/mol. The van der Waals surface area contributed by atoms with E-state index in [9.17, 15) is 19.7 Å². The zero-order valence-electron chi connectivity index (χ0n) is 29.1. The van der Waals surface area contributed by atoms with E-state index in [1.807, 2.05) is 78.8 Å². The topological polar surface area (TPSA) is 126 Å². The molecule has 1 saturated heterocycles. The molecule has 12 nitrogen and oxygen atoms in total. The van der Waals surface area contributed by atoms with Crippen molar-refractivity contribution in [3.63, 3.8) is 0 Å². The first-order valence-corrected chi connectivity index (χ1v) is 17.0. The van der Waals surface area contributed by atoms with E-state index in [2.05, 4.69) is 9.56 Å². The number of carbonyl (C=O) groups excluding carboxylic acids is 2. The van der Waals surface area contributed by atoms with Crippen LogP contribution in [0.5, 0.6) is 0 Å². The first kappa shape index (κ1) is 34.8. The van der Waals surface area contributed by atoms with Gasteiger partial charge in [0.2, 0.25) is 5.62 Å². The van der Waals surface area contributed by atoms with Gasteiger partial charge in [0, 0.05) is 41.8 Å². The number of amides is 1. The largest absolute Gasteiger partial charge is 0.443 e. The SMILES string of the molecule is CC(C)(C)OC(=O)/N=c1\n(Cc2cccc3c2ccn3C(=O)OC(C)(C)C)c2ccccc2n1C1CCN(c2cc(Cl)ccc2[N+](=O)[O-])CC1. The Labute approximate surface area is 294 Å². The molecule has 1 aliphatic heterocycles. The van der Waals surface area contributed by atoms with Gasteiger partial charge in [-0.05, 0) is 96.3 Å². The van der Waals surface area contributed by atoms with Gasteiger partial charge in [0.1, 0.15) is 16.9 Å². The van der Waals surface area contributed by atoms with Gasteiger partial charge in [-0.3, -0.25) is 14.7 Å². The number of nitro benzene ring substituents is 1. The second-order valence-corrected chi connectivity index (χ2v) is 14.9. The molecule has 2 aromatic heterocycles. The summed E-state index contributed by atoms with van der Waals surface area (Å²) >= 11 is 6.26. The van der Waals surface area contributed by atoms with E-state index in [1.54, 1.807) is 33.0 Å². The summed E-state index contributed by atoms with van der Waals surface area (Å²) < 4.78 is 16.9. The Morgan fingerprint density at radius 3 is 2.22 bits per heavy atom. The normalized spacial score (nSPS) is 14.8. The summed E-state index contributed by atoms with van der Waals surface area (Å²) in [4.78, 5) is 44.4. The van der Waals surface area contributed by atoms with Crippen LogP contribution >= 0.6 is 11.6 Å². The average molecular weight is 701 g/mol. The van der Waals surface area contributed by atoms with Crippen LogP contribution in [0.1, 0.15) is 66.0 Å². The summed E-state index contributed by atoms with van der Waals surface area (Å²) in [6, 6.07) is 20.1. The Balaban J connectivity index is 1.44. The molecule has 0 N–H and O–H groups in total. The van der Waals surface area contributed by atoms with Crippen molar-refractivity contribution in [1.82, 2.24) is 13.7 Å². The minimum absolute atomic E-state index is 0.00685. The minimum Gasteiger partial charge on any atom is -0.443 e. The number of hydrogen-bond acceptors (Lipinski definition) is 7. The fourth-order valence-electron chi connectivity index (χ4n) is 6.52. The molecule has 1 aliphatic rings. The number of rotatable bonds is 5. The van der Waals surface area contributed by atoms with Crippen molar-refractivity contribution in [3.05, 3.63) is 99.2 Å². The number of imidazole rings is 1. The third kappa shape index (κ3) is 7.25. The predicted octanol–water partition coefficient (Wildman–Crippen LogP) is 8.47. The van der Waals surface area contributed by atoms with E-state index in [1.165, 1.54) is 16.7 Å². The van der Waals surface area contributed by atoms with Gasteiger partial charge >= 0.3 is 12.2 Å². The van der Waals surface area contributed by atoms with Crippen molar-refractivity contribution in [2.45, 2.75) is 78.2 Å². The van der Waals surface area contributed by atoms with Crippen LogP contribution in [-0.2, 0) is 16.0 Å². The predicted molar refractivity (Wildman–Crippen MR) is 193 cm³/mol. The van der Waals surface area contributed by atoms with Gasteiger partial charge in [0.15, 0.2) is 0 Å². The molecule has 1 amide bonds. The molecule has 3 aromatic carbocycles. The van der Waals surface area contributed by atoms with Crippen LogP contribution in [0.4, 0.5) is 21.0 Å². The zero-order valence-corrected chi connectivity index (χ0v) is 29.8. The maximum atomic E-state index is 13.4. The lowest BCUT2D eigenvalue weighted by atomic mass is 10.0. The van der Waals surface area contributed by atoms with Crippen molar-refractivity contribution in [2.24, 2.45) is 4.99 Å². The summed E-state index contributed by atoms with van der Waals surface area (Å²) in [6.45, 7) is 12.3. The maximum Gasteiger partial charge on any atom is 0.437 e. The maximum absolute atomic E-state index is 13.4. The van der Waals surface area contributed by atoms with Gasteiger partial charge in [-0.1, -0.05) is 35.9 Å². The summed E-state index contributed by atoms with van der Waals surface area (Å²) in [5.41, 5.74) is 2.89. The van der Waals surface area contributed by atoms with Crippen LogP contribution in [-0.4, -0.2) is 55.1 Å². The van der Waals surface area contributed by atoms with Crippen molar-refractivity contribution in [3.8, 4) is 0 Å². The Morgan fingerprint density at radius 2 is 1.56 bits per heavy atom. The van der Waals surface area contributed by atoms with Gasteiger partial charge in [-0.25, -0.2) is 9.59 Å². The van der Waals surface area contributed by atoms with Crippen LogP contribution in [0.3, 0.4) is 0 Å². The van der Waals surface area contributed by atoms with E-state index >= 15 is 0 Å². The molecule has 6 rings (SSSR count). The molecular formula is C37H41ClN6O6. The number of hydrogen-bond donors (Lipinski definition) is 0. The molecule has 13 heteroatoms.